The molecule has 1 atom stereocenters. The summed E-state index contributed by atoms with van der Waals surface area (Å²) in [6.45, 7) is 6.59. The summed E-state index contributed by atoms with van der Waals surface area (Å²) in [4.78, 5) is 12.3. The molecule has 1 N–H and O–H groups in total. The summed E-state index contributed by atoms with van der Waals surface area (Å²) < 4.78 is 11.1. The number of carbonyl (C=O) groups excluding carboxylic acids is 1. The van der Waals surface area contributed by atoms with Gasteiger partial charge in [-0.15, -0.1) is 0 Å². The largest absolute Gasteiger partial charge is 0.494 e. The van der Waals surface area contributed by atoms with E-state index in [1.165, 1.54) is 0 Å². The predicted octanol–water partition coefficient (Wildman–Crippen LogP) is 4.51. The second-order valence-electron chi connectivity index (χ2n) is 5.28. The molecule has 0 bridgehead atoms. The fourth-order valence-electron chi connectivity index (χ4n) is 2.03. The number of rotatable bonds is 7. The highest BCUT2D eigenvalue weighted by atomic mass is 16.5. The zero-order valence-electron chi connectivity index (χ0n) is 13.8. The lowest BCUT2D eigenvalue weighted by atomic mass is 10.2. The Morgan fingerprint density at radius 1 is 1.09 bits per heavy atom. The molecule has 0 saturated carbocycles. The average Bonchev–Trinajstić information content (AvgIpc) is 2.57. The maximum absolute atomic E-state index is 12.3. The van der Waals surface area contributed by atoms with Gasteiger partial charge in [0.05, 0.1) is 12.7 Å². The predicted molar refractivity (Wildman–Crippen MR) is 92.4 cm³/mol. The van der Waals surface area contributed by atoms with Crippen LogP contribution in [-0.2, 0) is 0 Å². The minimum absolute atomic E-state index is 0.165. The molecular weight excluding hydrogens is 290 g/mol. The van der Waals surface area contributed by atoms with Gasteiger partial charge >= 0.3 is 0 Å². The molecule has 1 amide bonds. The maximum atomic E-state index is 12.3. The highest BCUT2D eigenvalue weighted by Crippen LogP contribution is 2.19. The highest BCUT2D eigenvalue weighted by Gasteiger charge is 2.08. The van der Waals surface area contributed by atoms with Crippen molar-refractivity contribution in [3.63, 3.8) is 0 Å². The van der Waals surface area contributed by atoms with Crippen LogP contribution >= 0.6 is 0 Å². The minimum atomic E-state index is -0.165. The van der Waals surface area contributed by atoms with Crippen molar-refractivity contribution < 1.29 is 14.3 Å². The summed E-state index contributed by atoms with van der Waals surface area (Å²) in [5.74, 6) is 1.33. The van der Waals surface area contributed by atoms with E-state index in [0.717, 1.165) is 17.9 Å². The Morgan fingerprint density at radius 2 is 1.83 bits per heavy atom. The van der Waals surface area contributed by atoms with Gasteiger partial charge in [-0.1, -0.05) is 13.0 Å². The Morgan fingerprint density at radius 3 is 2.48 bits per heavy atom. The summed E-state index contributed by atoms with van der Waals surface area (Å²) in [6.07, 6.45) is 1.13. The third-order valence-corrected chi connectivity index (χ3v) is 3.43. The van der Waals surface area contributed by atoms with Gasteiger partial charge in [0.15, 0.2) is 0 Å². The second kappa shape index (κ2) is 8.22. The number of hydrogen-bond acceptors (Lipinski definition) is 3. The molecule has 0 aliphatic carbocycles. The summed E-state index contributed by atoms with van der Waals surface area (Å²) in [6, 6.07) is 14.5. The molecule has 4 heteroatoms. The van der Waals surface area contributed by atoms with Crippen LogP contribution in [0.15, 0.2) is 48.5 Å². The van der Waals surface area contributed by atoms with Gasteiger partial charge in [-0.25, -0.2) is 0 Å². The summed E-state index contributed by atoms with van der Waals surface area (Å²) in [7, 11) is 0. The molecule has 122 valence electrons. The van der Waals surface area contributed by atoms with Crippen molar-refractivity contribution in [2.45, 2.75) is 33.3 Å². The molecular formula is C19H23NO3. The molecule has 4 nitrogen and oxygen atoms in total. The Kier molecular flexibility index (Phi) is 6.03. The smallest absolute Gasteiger partial charge is 0.255 e. The van der Waals surface area contributed by atoms with Gasteiger partial charge < -0.3 is 14.8 Å². The first-order valence-electron chi connectivity index (χ1n) is 7.93. The molecule has 0 fully saturated rings. The van der Waals surface area contributed by atoms with E-state index in [9.17, 15) is 4.79 Å². The lowest BCUT2D eigenvalue weighted by Crippen LogP contribution is -2.12. The second-order valence-corrected chi connectivity index (χ2v) is 5.28. The van der Waals surface area contributed by atoms with E-state index in [1.807, 2.05) is 50.2 Å². The Labute approximate surface area is 137 Å². The molecule has 1 unspecified atom stereocenters. The molecule has 0 aliphatic rings. The zero-order valence-corrected chi connectivity index (χ0v) is 13.8. The van der Waals surface area contributed by atoms with Gasteiger partial charge in [0, 0.05) is 11.3 Å². The Hall–Kier alpha value is -2.49. The molecule has 0 saturated heterocycles. The number of ether oxygens (including phenoxy) is 2. The van der Waals surface area contributed by atoms with Crippen molar-refractivity contribution in [2.24, 2.45) is 0 Å². The van der Waals surface area contributed by atoms with E-state index in [4.69, 9.17) is 9.47 Å². The molecule has 2 rings (SSSR count). The van der Waals surface area contributed by atoms with Crippen LogP contribution in [0.4, 0.5) is 5.69 Å². The first-order valence-corrected chi connectivity index (χ1v) is 7.93. The Bertz CT molecular complexity index is 637. The van der Waals surface area contributed by atoms with Gasteiger partial charge in [0.25, 0.3) is 5.91 Å². The molecule has 0 aliphatic heterocycles. The minimum Gasteiger partial charge on any atom is -0.494 e. The van der Waals surface area contributed by atoms with Crippen LogP contribution in [0.25, 0.3) is 0 Å². The number of nitrogens with one attached hydrogen (secondary N) is 1. The van der Waals surface area contributed by atoms with Crippen molar-refractivity contribution in [1.82, 2.24) is 0 Å². The van der Waals surface area contributed by atoms with Gasteiger partial charge in [0.1, 0.15) is 11.5 Å². The monoisotopic (exact) mass is 313 g/mol. The number of anilines is 1. The topological polar surface area (TPSA) is 47.6 Å². The third kappa shape index (κ3) is 5.02. The highest BCUT2D eigenvalue weighted by molar-refractivity contribution is 6.04. The molecule has 2 aromatic rings. The van der Waals surface area contributed by atoms with E-state index < -0.39 is 0 Å². The molecule has 0 aromatic heterocycles. The van der Waals surface area contributed by atoms with Crippen LogP contribution in [-0.4, -0.2) is 18.6 Å². The van der Waals surface area contributed by atoms with Crippen LogP contribution in [0.5, 0.6) is 11.5 Å². The van der Waals surface area contributed by atoms with Gasteiger partial charge in [-0.05, 0) is 62.7 Å². The quantitative estimate of drug-likeness (QED) is 0.818. The molecule has 2 aromatic carbocycles. The fraction of sp³-hybridized carbons (Fsp3) is 0.316. The van der Waals surface area contributed by atoms with E-state index in [-0.39, 0.29) is 12.0 Å². The number of benzene rings is 2. The van der Waals surface area contributed by atoms with E-state index in [0.29, 0.717) is 17.9 Å². The van der Waals surface area contributed by atoms with Crippen LogP contribution in [0.1, 0.15) is 37.6 Å². The number of carbonyl (C=O) groups is 1. The van der Waals surface area contributed by atoms with Crippen LogP contribution < -0.4 is 14.8 Å². The molecule has 23 heavy (non-hydrogen) atoms. The molecule has 0 heterocycles. The van der Waals surface area contributed by atoms with Crippen LogP contribution in [0.3, 0.4) is 0 Å². The van der Waals surface area contributed by atoms with Gasteiger partial charge in [-0.3, -0.25) is 4.79 Å². The zero-order chi connectivity index (χ0) is 16.7. The maximum Gasteiger partial charge on any atom is 0.255 e. The SMILES string of the molecule is CCOc1cccc(C(=O)Nc2ccc(OC(C)CC)cc2)c1. The van der Waals surface area contributed by atoms with E-state index >= 15 is 0 Å². The number of amides is 1. The lowest BCUT2D eigenvalue weighted by molar-refractivity contribution is 0.102. The normalized spacial score (nSPS) is 11.6. The molecule has 0 radical (unpaired) electrons. The first-order chi connectivity index (χ1) is 11.1. The summed E-state index contributed by atoms with van der Waals surface area (Å²) >= 11 is 0. The van der Waals surface area contributed by atoms with Gasteiger partial charge in [-0.2, -0.15) is 0 Å². The summed E-state index contributed by atoms with van der Waals surface area (Å²) in [5.41, 5.74) is 1.30. The van der Waals surface area contributed by atoms with E-state index in [1.54, 1.807) is 12.1 Å². The van der Waals surface area contributed by atoms with Crippen molar-refractivity contribution in [3.8, 4) is 11.5 Å². The van der Waals surface area contributed by atoms with Gasteiger partial charge in [0.2, 0.25) is 0 Å². The van der Waals surface area contributed by atoms with Crippen LogP contribution in [0, 0.1) is 0 Å². The fourth-order valence-corrected chi connectivity index (χ4v) is 2.03. The Balaban J connectivity index is 2.01. The van der Waals surface area contributed by atoms with Crippen molar-refractivity contribution in [1.29, 1.82) is 0 Å². The standard InChI is InChI=1S/C19H23NO3/c1-4-14(3)23-17-11-9-16(10-12-17)20-19(21)15-7-6-8-18(13-15)22-5-2/h6-14H,4-5H2,1-3H3,(H,20,21). The lowest BCUT2D eigenvalue weighted by Gasteiger charge is -2.13. The van der Waals surface area contributed by atoms with E-state index in [2.05, 4.69) is 12.2 Å². The van der Waals surface area contributed by atoms with Crippen molar-refractivity contribution in [2.75, 3.05) is 11.9 Å². The molecule has 0 spiro atoms. The van der Waals surface area contributed by atoms with Crippen molar-refractivity contribution >= 4 is 11.6 Å². The first kappa shape index (κ1) is 16.9. The number of hydrogen-bond donors (Lipinski definition) is 1. The average molecular weight is 313 g/mol. The van der Waals surface area contributed by atoms with Crippen molar-refractivity contribution in [3.05, 3.63) is 54.1 Å². The summed E-state index contributed by atoms with van der Waals surface area (Å²) in [5, 5.41) is 2.87. The third-order valence-electron chi connectivity index (χ3n) is 3.43. The van der Waals surface area contributed by atoms with Crippen LogP contribution in [0.2, 0.25) is 0 Å².